The van der Waals surface area contributed by atoms with Gasteiger partial charge in [0.25, 0.3) is 5.91 Å². The number of amides is 1. The molecule has 54 valence electrons. The zero-order valence-electron chi connectivity index (χ0n) is 5.48. The zero-order valence-corrected chi connectivity index (χ0v) is 5.48. The first-order chi connectivity index (χ1) is 5.24. The van der Waals surface area contributed by atoms with E-state index in [-0.39, 0.29) is 11.4 Å². The van der Waals surface area contributed by atoms with Gasteiger partial charge >= 0.3 is 0 Å². The van der Waals surface area contributed by atoms with Crippen molar-refractivity contribution >= 4 is 5.91 Å². The molecule has 0 aliphatic carbocycles. The highest BCUT2D eigenvalue weighted by Gasteiger charge is 2.00. The number of nitrogens with zero attached hydrogens (tertiary/aromatic N) is 3. The van der Waals surface area contributed by atoms with Crippen LogP contribution in [0.4, 0.5) is 0 Å². The van der Waals surface area contributed by atoms with Crippen molar-refractivity contribution in [1.82, 2.24) is 9.97 Å². The van der Waals surface area contributed by atoms with E-state index in [9.17, 15) is 4.79 Å². The first-order valence-corrected chi connectivity index (χ1v) is 2.76. The molecule has 0 bridgehead atoms. The number of hydrogen-bond acceptors (Lipinski definition) is 4. The maximum absolute atomic E-state index is 10.4. The van der Waals surface area contributed by atoms with Crippen LogP contribution in [0.2, 0.25) is 0 Å². The van der Waals surface area contributed by atoms with E-state index in [1.54, 1.807) is 6.07 Å². The Morgan fingerprint density at radius 1 is 1.55 bits per heavy atom. The summed E-state index contributed by atoms with van der Waals surface area (Å²) in [5.74, 6) is -0.651. The molecular formula is C6H4N4O. The lowest BCUT2D eigenvalue weighted by Crippen LogP contribution is -2.13. The average Bonchev–Trinajstić information content (AvgIpc) is 2.05. The van der Waals surface area contributed by atoms with Crippen molar-refractivity contribution in [2.75, 3.05) is 0 Å². The molecule has 1 heterocycles. The molecule has 1 aromatic heterocycles. The molecule has 2 N–H and O–H groups in total. The summed E-state index contributed by atoms with van der Waals surface area (Å²) in [7, 11) is 0. The van der Waals surface area contributed by atoms with E-state index >= 15 is 0 Å². The van der Waals surface area contributed by atoms with E-state index in [1.807, 2.05) is 0 Å². The lowest BCUT2D eigenvalue weighted by Gasteiger charge is -1.90. The highest BCUT2D eigenvalue weighted by atomic mass is 16.1. The lowest BCUT2D eigenvalue weighted by atomic mass is 10.4. The minimum Gasteiger partial charge on any atom is -0.364 e. The van der Waals surface area contributed by atoms with Gasteiger partial charge in [0.15, 0.2) is 5.69 Å². The Balaban J connectivity index is 3.03. The van der Waals surface area contributed by atoms with Gasteiger partial charge in [-0.05, 0) is 0 Å². The molecular weight excluding hydrogens is 144 g/mol. The van der Waals surface area contributed by atoms with Crippen molar-refractivity contribution in [1.29, 1.82) is 5.26 Å². The summed E-state index contributed by atoms with van der Waals surface area (Å²) < 4.78 is 0. The molecule has 11 heavy (non-hydrogen) atoms. The van der Waals surface area contributed by atoms with E-state index in [2.05, 4.69) is 9.97 Å². The van der Waals surface area contributed by atoms with Crippen molar-refractivity contribution in [3.05, 3.63) is 23.8 Å². The third-order valence-electron chi connectivity index (χ3n) is 1.02. The van der Waals surface area contributed by atoms with Gasteiger partial charge in [0, 0.05) is 0 Å². The standard InChI is InChI=1S/C6H4N4O/c7-1-4-2-10-5(3-9-4)6(8)11/h2-3H,(H2,8,11). The molecule has 0 atom stereocenters. The van der Waals surface area contributed by atoms with Gasteiger partial charge in [-0.2, -0.15) is 5.26 Å². The number of nitriles is 1. The number of carbonyl (C=O) groups is 1. The summed E-state index contributed by atoms with van der Waals surface area (Å²) >= 11 is 0. The smallest absolute Gasteiger partial charge is 0.268 e. The van der Waals surface area contributed by atoms with E-state index in [4.69, 9.17) is 11.0 Å². The molecule has 0 radical (unpaired) electrons. The number of rotatable bonds is 1. The summed E-state index contributed by atoms with van der Waals surface area (Å²) in [4.78, 5) is 17.6. The number of aromatic nitrogens is 2. The van der Waals surface area contributed by atoms with E-state index in [0.29, 0.717) is 0 Å². The fraction of sp³-hybridized carbons (Fsp3) is 0. The Kier molecular flexibility index (Phi) is 1.79. The van der Waals surface area contributed by atoms with Crippen LogP contribution in [0.3, 0.4) is 0 Å². The van der Waals surface area contributed by atoms with Gasteiger partial charge in [-0.1, -0.05) is 0 Å². The molecule has 1 rings (SSSR count). The van der Waals surface area contributed by atoms with Crippen molar-refractivity contribution in [3.63, 3.8) is 0 Å². The van der Waals surface area contributed by atoms with Crippen LogP contribution in [-0.4, -0.2) is 15.9 Å². The van der Waals surface area contributed by atoms with Gasteiger partial charge in [-0.25, -0.2) is 9.97 Å². The Morgan fingerprint density at radius 3 is 2.64 bits per heavy atom. The molecule has 1 aromatic rings. The summed E-state index contributed by atoms with van der Waals surface area (Å²) in [6.07, 6.45) is 2.36. The number of nitrogens with two attached hydrogens (primary N) is 1. The Morgan fingerprint density at radius 2 is 2.27 bits per heavy atom. The topological polar surface area (TPSA) is 92.7 Å². The first kappa shape index (κ1) is 7.15. The largest absolute Gasteiger partial charge is 0.364 e. The quantitative estimate of drug-likeness (QED) is 0.578. The van der Waals surface area contributed by atoms with E-state index < -0.39 is 5.91 Å². The third kappa shape index (κ3) is 1.49. The van der Waals surface area contributed by atoms with Crippen LogP contribution in [0.15, 0.2) is 12.4 Å². The second-order valence-electron chi connectivity index (χ2n) is 1.76. The minimum atomic E-state index is -0.651. The highest BCUT2D eigenvalue weighted by Crippen LogP contribution is 1.91. The molecule has 0 unspecified atom stereocenters. The SMILES string of the molecule is N#Cc1cnc(C(N)=O)cn1. The van der Waals surface area contributed by atoms with Crippen LogP contribution < -0.4 is 5.73 Å². The number of primary amides is 1. The van der Waals surface area contributed by atoms with Crippen molar-refractivity contribution < 1.29 is 4.79 Å². The monoisotopic (exact) mass is 148 g/mol. The lowest BCUT2D eigenvalue weighted by molar-refractivity contribution is 0.0995. The van der Waals surface area contributed by atoms with E-state index in [1.165, 1.54) is 12.4 Å². The number of hydrogen-bond donors (Lipinski definition) is 1. The van der Waals surface area contributed by atoms with Gasteiger partial charge in [0.2, 0.25) is 0 Å². The average molecular weight is 148 g/mol. The molecule has 1 amide bonds. The van der Waals surface area contributed by atoms with E-state index in [0.717, 1.165) is 0 Å². The molecule has 0 fully saturated rings. The van der Waals surface area contributed by atoms with Gasteiger partial charge in [-0.15, -0.1) is 0 Å². The van der Waals surface area contributed by atoms with Crippen LogP contribution in [0, 0.1) is 11.3 Å². The molecule has 0 aliphatic rings. The predicted molar refractivity (Wildman–Crippen MR) is 35.3 cm³/mol. The maximum Gasteiger partial charge on any atom is 0.268 e. The van der Waals surface area contributed by atoms with Gasteiger partial charge in [-0.3, -0.25) is 4.79 Å². The molecule has 5 heteroatoms. The normalized spacial score (nSPS) is 8.64. The van der Waals surface area contributed by atoms with Crippen molar-refractivity contribution in [2.45, 2.75) is 0 Å². The molecule has 0 spiro atoms. The molecule has 0 saturated carbocycles. The Hall–Kier alpha value is -1.96. The fourth-order valence-electron chi connectivity index (χ4n) is 0.513. The summed E-state index contributed by atoms with van der Waals surface area (Å²) in [6.45, 7) is 0. The van der Waals surface area contributed by atoms with Crippen LogP contribution >= 0.6 is 0 Å². The third-order valence-corrected chi connectivity index (χ3v) is 1.02. The second kappa shape index (κ2) is 2.75. The second-order valence-corrected chi connectivity index (χ2v) is 1.76. The fourth-order valence-corrected chi connectivity index (χ4v) is 0.513. The zero-order chi connectivity index (χ0) is 8.27. The number of carbonyl (C=O) groups excluding carboxylic acids is 1. The van der Waals surface area contributed by atoms with Crippen molar-refractivity contribution in [3.8, 4) is 6.07 Å². The molecule has 0 saturated heterocycles. The van der Waals surface area contributed by atoms with Crippen LogP contribution in [-0.2, 0) is 0 Å². The summed E-state index contributed by atoms with van der Waals surface area (Å²) in [6, 6.07) is 1.77. The van der Waals surface area contributed by atoms with Crippen LogP contribution in [0.1, 0.15) is 16.2 Å². The maximum atomic E-state index is 10.4. The van der Waals surface area contributed by atoms with Gasteiger partial charge in [0.1, 0.15) is 11.8 Å². The highest BCUT2D eigenvalue weighted by molar-refractivity contribution is 5.90. The Labute approximate surface area is 62.5 Å². The first-order valence-electron chi connectivity index (χ1n) is 2.76. The van der Waals surface area contributed by atoms with Crippen molar-refractivity contribution in [2.24, 2.45) is 5.73 Å². The summed E-state index contributed by atoms with van der Waals surface area (Å²) in [5.41, 5.74) is 5.10. The molecule has 0 aliphatic heterocycles. The van der Waals surface area contributed by atoms with Gasteiger partial charge in [0.05, 0.1) is 12.4 Å². The predicted octanol–water partition coefficient (Wildman–Crippen LogP) is -0.553. The molecule has 5 nitrogen and oxygen atoms in total. The molecule has 0 aromatic carbocycles. The van der Waals surface area contributed by atoms with Crippen LogP contribution in [0.5, 0.6) is 0 Å². The van der Waals surface area contributed by atoms with Crippen LogP contribution in [0.25, 0.3) is 0 Å². The Bertz CT molecular complexity index is 310. The minimum absolute atomic E-state index is 0.0593. The van der Waals surface area contributed by atoms with Gasteiger partial charge < -0.3 is 5.73 Å². The summed E-state index contributed by atoms with van der Waals surface area (Å²) in [5, 5.41) is 8.30.